The lowest BCUT2D eigenvalue weighted by atomic mass is 10.2. The van der Waals surface area contributed by atoms with Crippen LogP contribution in [-0.4, -0.2) is 35.1 Å². The Morgan fingerprint density at radius 3 is 2.78 bits per heavy atom. The molecule has 0 spiro atoms. The van der Waals surface area contributed by atoms with Gasteiger partial charge in [-0.2, -0.15) is 0 Å². The Hall–Kier alpha value is -1.13. The van der Waals surface area contributed by atoms with E-state index in [1.54, 1.807) is 22.3 Å². The first kappa shape index (κ1) is 14.9. The number of aryl methyl sites for hydroxylation is 1. The number of thiophene rings is 1. The zero-order chi connectivity index (χ0) is 13.5. The minimum Gasteiger partial charge on any atom is -0.396 e. The average molecular weight is 267 g/mol. The number of aliphatic hydroxyl groups is 1. The van der Waals surface area contributed by atoms with Gasteiger partial charge in [-0.1, -0.05) is 0 Å². The number of carbonyl (C=O) groups is 1. The third kappa shape index (κ3) is 4.27. The van der Waals surface area contributed by atoms with Crippen molar-refractivity contribution in [3.8, 4) is 0 Å². The van der Waals surface area contributed by atoms with E-state index in [4.69, 9.17) is 5.11 Å². The highest BCUT2D eigenvalue weighted by Gasteiger charge is 2.13. The summed E-state index contributed by atoms with van der Waals surface area (Å²) in [5.41, 5.74) is 1.19. The third-order valence-electron chi connectivity index (χ3n) is 2.74. The Balaban J connectivity index is 2.67. The van der Waals surface area contributed by atoms with Gasteiger partial charge in [0.1, 0.15) is 0 Å². The molecule has 0 saturated heterocycles. The van der Waals surface area contributed by atoms with Crippen molar-refractivity contribution < 1.29 is 9.90 Å². The smallest absolute Gasteiger partial charge is 0.246 e. The van der Waals surface area contributed by atoms with Crippen LogP contribution in [0.2, 0.25) is 0 Å². The van der Waals surface area contributed by atoms with E-state index < -0.39 is 0 Å². The van der Waals surface area contributed by atoms with Gasteiger partial charge in [0.25, 0.3) is 0 Å². The number of aliphatic hydroxyl groups excluding tert-OH is 1. The van der Waals surface area contributed by atoms with E-state index in [1.165, 1.54) is 5.56 Å². The first-order chi connectivity index (χ1) is 8.56. The molecule has 0 radical (unpaired) electrons. The Morgan fingerprint density at radius 2 is 2.28 bits per heavy atom. The second-order valence-corrected chi connectivity index (χ2v) is 5.45. The van der Waals surface area contributed by atoms with Crippen LogP contribution in [-0.2, 0) is 4.79 Å². The molecule has 1 aromatic rings. The molecule has 0 aliphatic rings. The van der Waals surface area contributed by atoms with Gasteiger partial charge in [-0.15, -0.1) is 11.3 Å². The van der Waals surface area contributed by atoms with Crippen LogP contribution in [0.5, 0.6) is 0 Å². The van der Waals surface area contributed by atoms with Crippen LogP contribution < -0.4 is 0 Å². The van der Waals surface area contributed by atoms with Crippen molar-refractivity contribution in [3.05, 3.63) is 28.0 Å². The summed E-state index contributed by atoms with van der Waals surface area (Å²) in [5, 5.41) is 10.9. The highest BCUT2D eigenvalue weighted by molar-refractivity contribution is 7.11. The van der Waals surface area contributed by atoms with Crippen LogP contribution in [0.1, 0.15) is 30.7 Å². The molecule has 1 aromatic heterocycles. The highest BCUT2D eigenvalue weighted by atomic mass is 32.1. The SMILES string of the molecule is Cc1ccsc1/C=C/C(=O)N(CCCO)C(C)C. The van der Waals surface area contributed by atoms with Gasteiger partial charge in [0.15, 0.2) is 0 Å². The normalized spacial score (nSPS) is 11.4. The Kier molecular flexibility index (Phi) is 6.09. The molecule has 1 amide bonds. The summed E-state index contributed by atoms with van der Waals surface area (Å²) >= 11 is 1.63. The maximum absolute atomic E-state index is 12.1. The minimum atomic E-state index is 0.00579. The zero-order valence-corrected chi connectivity index (χ0v) is 12.0. The van der Waals surface area contributed by atoms with Crippen LogP contribution >= 0.6 is 11.3 Å². The van der Waals surface area contributed by atoms with E-state index >= 15 is 0 Å². The fourth-order valence-electron chi connectivity index (χ4n) is 1.66. The molecule has 1 rings (SSSR count). The second-order valence-electron chi connectivity index (χ2n) is 4.50. The van der Waals surface area contributed by atoms with Crippen LogP contribution in [0.3, 0.4) is 0 Å². The summed E-state index contributed by atoms with van der Waals surface area (Å²) in [4.78, 5) is 15.0. The lowest BCUT2D eigenvalue weighted by molar-refractivity contribution is -0.127. The zero-order valence-electron chi connectivity index (χ0n) is 11.2. The molecule has 0 atom stereocenters. The highest BCUT2D eigenvalue weighted by Crippen LogP contribution is 2.17. The van der Waals surface area contributed by atoms with E-state index in [9.17, 15) is 4.79 Å². The minimum absolute atomic E-state index is 0.00579. The predicted octanol–water partition coefficient (Wildman–Crippen LogP) is 2.69. The van der Waals surface area contributed by atoms with Crippen molar-refractivity contribution in [2.24, 2.45) is 0 Å². The summed E-state index contributed by atoms with van der Waals surface area (Å²) in [6.45, 7) is 6.72. The lowest BCUT2D eigenvalue weighted by Gasteiger charge is -2.25. The molecular weight excluding hydrogens is 246 g/mol. The molecule has 0 unspecified atom stereocenters. The Morgan fingerprint density at radius 1 is 1.56 bits per heavy atom. The number of hydrogen-bond donors (Lipinski definition) is 1. The van der Waals surface area contributed by atoms with Gasteiger partial charge in [0.2, 0.25) is 5.91 Å². The first-order valence-electron chi connectivity index (χ1n) is 6.20. The second kappa shape index (κ2) is 7.34. The molecule has 3 nitrogen and oxygen atoms in total. The molecule has 1 N–H and O–H groups in total. The van der Waals surface area contributed by atoms with Crippen molar-refractivity contribution >= 4 is 23.3 Å². The van der Waals surface area contributed by atoms with Crippen molar-refractivity contribution in [1.82, 2.24) is 4.90 Å². The topological polar surface area (TPSA) is 40.5 Å². The summed E-state index contributed by atoms with van der Waals surface area (Å²) in [6, 6.07) is 2.19. The predicted molar refractivity (Wildman–Crippen MR) is 76.6 cm³/mol. The maximum Gasteiger partial charge on any atom is 0.246 e. The van der Waals surface area contributed by atoms with E-state index in [0.717, 1.165) is 4.88 Å². The van der Waals surface area contributed by atoms with Gasteiger partial charge >= 0.3 is 0 Å². The van der Waals surface area contributed by atoms with Crippen molar-refractivity contribution in [3.63, 3.8) is 0 Å². The van der Waals surface area contributed by atoms with Crippen LogP contribution in [0, 0.1) is 6.92 Å². The molecule has 0 bridgehead atoms. The fourth-order valence-corrected chi connectivity index (χ4v) is 2.48. The molecule has 100 valence electrons. The van der Waals surface area contributed by atoms with E-state index in [-0.39, 0.29) is 18.6 Å². The number of nitrogens with zero attached hydrogens (tertiary/aromatic N) is 1. The molecular formula is C14H21NO2S. The monoisotopic (exact) mass is 267 g/mol. The molecule has 0 fully saturated rings. The van der Waals surface area contributed by atoms with Crippen molar-refractivity contribution in [2.45, 2.75) is 33.2 Å². The number of amides is 1. The van der Waals surface area contributed by atoms with Crippen LogP contribution in [0.25, 0.3) is 6.08 Å². The Labute approximate surface area is 113 Å². The maximum atomic E-state index is 12.1. The van der Waals surface area contributed by atoms with E-state index in [0.29, 0.717) is 13.0 Å². The first-order valence-corrected chi connectivity index (χ1v) is 7.08. The Bertz CT molecular complexity index is 410. The van der Waals surface area contributed by atoms with E-state index in [2.05, 4.69) is 0 Å². The van der Waals surface area contributed by atoms with Gasteiger partial charge in [-0.25, -0.2) is 0 Å². The quantitative estimate of drug-likeness (QED) is 0.805. The molecule has 0 saturated carbocycles. The van der Waals surface area contributed by atoms with Gasteiger partial charge in [0.05, 0.1) is 0 Å². The van der Waals surface area contributed by atoms with Gasteiger partial charge < -0.3 is 10.0 Å². The third-order valence-corrected chi connectivity index (χ3v) is 3.73. The molecule has 0 aromatic carbocycles. The molecule has 0 aliphatic heterocycles. The fraction of sp³-hybridized carbons (Fsp3) is 0.500. The van der Waals surface area contributed by atoms with Crippen molar-refractivity contribution in [1.29, 1.82) is 0 Å². The number of carbonyl (C=O) groups excluding carboxylic acids is 1. The number of hydrogen-bond acceptors (Lipinski definition) is 3. The van der Waals surface area contributed by atoms with Gasteiger partial charge in [-0.05, 0) is 50.3 Å². The molecule has 18 heavy (non-hydrogen) atoms. The van der Waals surface area contributed by atoms with E-state index in [1.807, 2.05) is 38.3 Å². The van der Waals surface area contributed by atoms with Crippen molar-refractivity contribution in [2.75, 3.05) is 13.2 Å². The van der Waals surface area contributed by atoms with Gasteiger partial charge in [0, 0.05) is 30.1 Å². The molecule has 0 aliphatic carbocycles. The summed E-state index contributed by atoms with van der Waals surface area (Å²) < 4.78 is 0. The largest absolute Gasteiger partial charge is 0.396 e. The number of rotatable bonds is 6. The summed E-state index contributed by atoms with van der Waals surface area (Å²) in [6.07, 6.45) is 4.11. The molecule has 4 heteroatoms. The lowest BCUT2D eigenvalue weighted by Crippen LogP contribution is -2.36. The standard InChI is InChI=1S/C14H21NO2S/c1-11(2)15(8-4-9-16)14(17)6-5-13-12(3)7-10-18-13/h5-7,10-11,16H,4,8-9H2,1-3H3/b6-5+. The molecule has 1 heterocycles. The van der Waals surface area contributed by atoms with Gasteiger partial charge in [-0.3, -0.25) is 4.79 Å². The summed E-state index contributed by atoms with van der Waals surface area (Å²) in [7, 11) is 0. The van der Waals surface area contributed by atoms with Crippen LogP contribution in [0.15, 0.2) is 17.5 Å². The van der Waals surface area contributed by atoms with Crippen LogP contribution in [0.4, 0.5) is 0 Å². The summed E-state index contributed by atoms with van der Waals surface area (Å²) in [5.74, 6) is 0.00579. The average Bonchev–Trinajstić information content (AvgIpc) is 2.72.